The Balaban J connectivity index is 0. The number of hydrogen-bond donors (Lipinski definition) is 2. The van der Waals surface area contributed by atoms with E-state index in [9.17, 15) is 0 Å². The molecule has 0 bridgehead atoms. The standard InChI is InChI=1S/C7H11N.CH5N/c1-3-4-5-7(2)6-8;1-2/h3-6,8H,1-2H3;2H2,1H3/b4-3-,7-5-,8-6?;. The molecule has 0 saturated carbocycles. The maximum Gasteiger partial charge on any atom is 0.0207 e. The minimum atomic E-state index is 0.975. The SMILES string of the molecule is C/C=C\C=C(\C)C=N.CN. The van der Waals surface area contributed by atoms with Crippen LogP contribution in [0.3, 0.4) is 0 Å². The van der Waals surface area contributed by atoms with Gasteiger partial charge in [-0.25, -0.2) is 0 Å². The zero-order valence-electron chi connectivity index (χ0n) is 6.89. The lowest BCUT2D eigenvalue weighted by atomic mass is 10.3. The van der Waals surface area contributed by atoms with Gasteiger partial charge in [0.15, 0.2) is 0 Å². The fourth-order valence-electron chi connectivity index (χ4n) is 0.296. The van der Waals surface area contributed by atoms with Crippen LogP contribution in [-0.2, 0) is 0 Å². The molecule has 0 amide bonds. The molecule has 0 aliphatic carbocycles. The molecule has 2 nitrogen and oxygen atoms in total. The summed E-state index contributed by atoms with van der Waals surface area (Å²) in [5, 5.41) is 6.76. The number of hydrogen-bond acceptors (Lipinski definition) is 2. The zero-order chi connectivity index (χ0) is 8.41. The molecule has 0 aromatic heterocycles. The predicted octanol–water partition coefficient (Wildman–Crippen LogP) is 1.73. The molecule has 0 spiro atoms. The third-order valence-electron chi connectivity index (χ3n) is 0.779. The van der Waals surface area contributed by atoms with Crippen LogP contribution in [0, 0.1) is 5.41 Å². The summed E-state index contributed by atoms with van der Waals surface area (Å²) in [6, 6.07) is 0. The van der Waals surface area contributed by atoms with Crippen LogP contribution in [-0.4, -0.2) is 13.3 Å². The molecule has 10 heavy (non-hydrogen) atoms. The van der Waals surface area contributed by atoms with Gasteiger partial charge in [-0.2, -0.15) is 0 Å². The van der Waals surface area contributed by atoms with Gasteiger partial charge in [0.2, 0.25) is 0 Å². The van der Waals surface area contributed by atoms with Gasteiger partial charge in [0.1, 0.15) is 0 Å². The van der Waals surface area contributed by atoms with E-state index < -0.39 is 0 Å². The Kier molecular flexibility index (Phi) is 13.0. The van der Waals surface area contributed by atoms with Gasteiger partial charge in [0.25, 0.3) is 0 Å². The van der Waals surface area contributed by atoms with E-state index in [0.29, 0.717) is 0 Å². The second-order valence-corrected chi connectivity index (χ2v) is 1.58. The van der Waals surface area contributed by atoms with Crippen molar-refractivity contribution in [3.63, 3.8) is 0 Å². The highest BCUT2D eigenvalue weighted by Crippen LogP contribution is 1.85. The summed E-state index contributed by atoms with van der Waals surface area (Å²) >= 11 is 0. The van der Waals surface area contributed by atoms with E-state index in [0.717, 1.165) is 5.57 Å². The zero-order valence-corrected chi connectivity index (χ0v) is 6.89. The number of allylic oxidation sites excluding steroid dienone is 4. The van der Waals surface area contributed by atoms with Crippen LogP contribution in [0.15, 0.2) is 23.8 Å². The van der Waals surface area contributed by atoms with Crippen LogP contribution in [0.1, 0.15) is 13.8 Å². The Bertz CT molecular complexity index is 123. The summed E-state index contributed by atoms with van der Waals surface area (Å²) in [6.07, 6.45) is 7.08. The molecule has 0 aliphatic rings. The van der Waals surface area contributed by atoms with Crippen LogP contribution in [0.2, 0.25) is 0 Å². The highest BCUT2D eigenvalue weighted by molar-refractivity contribution is 5.75. The third kappa shape index (κ3) is 10.2. The number of rotatable bonds is 2. The van der Waals surface area contributed by atoms with Gasteiger partial charge in [0.05, 0.1) is 0 Å². The van der Waals surface area contributed by atoms with Crippen LogP contribution >= 0.6 is 0 Å². The van der Waals surface area contributed by atoms with Crippen LogP contribution in [0.5, 0.6) is 0 Å². The highest BCUT2D eigenvalue weighted by Gasteiger charge is 1.71. The summed E-state index contributed by atoms with van der Waals surface area (Å²) in [4.78, 5) is 0. The van der Waals surface area contributed by atoms with Crippen molar-refractivity contribution >= 4 is 6.21 Å². The average molecular weight is 140 g/mol. The van der Waals surface area contributed by atoms with E-state index in [1.54, 1.807) is 0 Å². The maximum absolute atomic E-state index is 6.76. The van der Waals surface area contributed by atoms with Gasteiger partial charge >= 0.3 is 0 Å². The van der Waals surface area contributed by atoms with Crippen LogP contribution in [0.4, 0.5) is 0 Å². The molecule has 0 radical (unpaired) electrons. The Morgan fingerprint density at radius 3 is 2.20 bits per heavy atom. The van der Waals surface area contributed by atoms with E-state index in [-0.39, 0.29) is 0 Å². The van der Waals surface area contributed by atoms with Gasteiger partial charge in [-0.15, -0.1) is 0 Å². The maximum atomic E-state index is 6.76. The average Bonchev–Trinajstić information content (AvgIpc) is 2.04. The first kappa shape index (κ1) is 11.9. The molecular weight excluding hydrogens is 124 g/mol. The summed E-state index contributed by atoms with van der Waals surface area (Å²) < 4.78 is 0. The Morgan fingerprint density at radius 2 is 1.90 bits per heavy atom. The Labute approximate surface area is 62.9 Å². The van der Waals surface area contributed by atoms with Gasteiger partial charge < -0.3 is 11.1 Å². The smallest absolute Gasteiger partial charge is 0.0207 e. The molecule has 58 valence electrons. The van der Waals surface area contributed by atoms with Crippen molar-refractivity contribution in [1.29, 1.82) is 5.41 Å². The summed E-state index contributed by atoms with van der Waals surface area (Å²) in [7, 11) is 1.50. The molecular formula is C8H16N2. The highest BCUT2D eigenvalue weighted by atomic mass is 14.4. The lowest BCUT2D eigenvalue weighted by Gasteiger charge is -1.80. The van der Waals surface area contributed by atoms with Crippen LogP contribution < -0.4 is 5.73 Å². The van der Waals surface area contributed by atoms with Crippen molar-refractivity contribution in [3.05, 3.63) is 23.8 Å². The Morgan fingerprint density at radius 1 is 1.40 bits per heavy atom. The fourth-order valence-corrected chi connectivity index (χ4v) is 0.296. The summed E-state index contributed by atoms with van der Waals surface area (Å²) in [5.41, 5.74) is 5.48. The van der Waals surface area contributed by atoms with E-state index in [2.05, 4.69) is 5.73 Å². The molecule has 0 heterocycles. The van der Waals surface area contributed by atoms with Gasteiger partial charge in [-0.1, -0.05) is 18.2 Å². The third-order valence-corrected chi connectivity index (χ3v) is 0.779. The van der Waals surface area contributed by atoms with E-state index in [1.165, 1.54) is 13.3 Å². The minimum absolute atomic E-state index is 0.975. The van der Waals surface area contributed by atoms with Crippen LogP contribution in [0.25, 0.3) is 0 Å². The first-order valence-corrected chi connectivity index (χ1v) is 3.19. The Hall–Kier alpha value is -0.890. The van der Waals surface area contributed by atoms with Crippen molar-refractivity contribution in [2.75, 3.05) is 7.05 Å². The van der Waals surface area contributed by atoms with Crippen molar-refractivity contribution in [3.8, 4) is 0 Å². The van der Waals surface area contributed by atoms with E-state index >= 15 is 0 Å². The lowest BCUT2D eigenvalue weighted by Crippen LogP contribution is -1.69. The summed E-state index contributed by atoms with van der Waals surface area (Å²) in [6.45, 7) is 3.85. The minimum Gasteiger partial charge on any atom is -0.333 e. The van der Waals surface area contributed by atoms with Crippen molar-refractivity contribution in [2.24, 2.45) is 5.73 Å². The van der Waals surface area contributed by atoms with Gasteiger partial charge in [-0.05, 0) is 26.5 Å². The van der Waals surface area contributed by atoms with Crippen molar-refractivity contribution in [2.45, 2.75) is 13.8 Å². The molecule has 3 N–H and O–H groups in total. The topological polar surface area (TPSA) is 49.9 Å². The first-order chi connectivity index (χ1) is 4.81. The first-order valence-electron chi connectivity index (χ1n) is 3.19. The van der Waals surface area contributed by atoms with Crippen molar-refractivity contribution in [1.82, 2.24) is 0 Å². The van der Waals surface area contributed by atoms with Crippen molar-refractivity contribution < 1.29 is 0 Å². The van der Waals surface area contributed by atoms with E-state index in [1.807, 2.05) is 32.1 Å². The molecule has 0 aromatic carbocycles. The predicted molar refractivity (Wildman–Crippen MR) is 47.5 cm³/mol. The second kappa shape index (κ2) is 11.0. The molecule has 0 aliphatic heterocycles. The molecule has 0 fully saturated rings. The van der Waals surface area contributed by atoms with Gasteiger partial charge in [-0.3, -0.25) is 0 Å². The molecule has 0 atom stereocenters. The van der Waals surface area contributed by atoms with Gasteiger partial charge in [0, 0.05) is 6.21 Å². The largest absolute Gasteiger partial charge is 0.333 e. The lowest BCUT2D eigenvalue weighted by molar-refractivity contribution is 1.48. The quantitative estimate of drug-likeness (QED) is 0.445. The number of nitrogens with one attached hydrogen (secondary N) is 1. The second-order valence-electron chi connectivity index (χ2n) is 1.58. The molecule has 0 aromatic rings. The molecule has 0 saturated heterocycles. The molecule has 0 rings (SSSR count). The fraction of sp³-hybridized carbons (Fsp3) is 0.375. The molecule has 0 unspecified atom stereocenters. The number of nitrogens with two attached hydrogens (primary N) is 1. The summed E-state index contributed by atoms with van der Waals surface area (Å²) in [5.74, 6) is 0. The van der Waals surface area contributed by atoms with E-state index in [4.69, 9.17) is 5.41 Å². The monoisotopic (exact) mass is 140 g/mol. The molecule has 2 heteroatoms. The normalized spacial score (nSPS) is 10.6.